The molecule has 3 aliphatic rings. The first kappa shape index (κ1) is 27.2. The van der Waals surface area contributed by atoms with Gasteiger partial charge in [-0.2, -0.15) is 0 Å². The number of aliphatic hydroxyl groups is 1. The van der Waals surface area contributed by atoms with Crippen LogP contribution in [-0.2, 0) is 4.79 Å². The minimum absolute atomic E-state index is 0.337. The van der Waals surface area contributed by atoms with Crippen LogP contribution in [0, 0.1) is 12.3 Å². The average Bonchev–Trinajstić information content (AvgIpc) is 2.95. The number of hydrogen-bond donors (Lipinski definition) is 3. The van der Waals surface area contributed by atoms with E-state index in [1.807, 2.05) is 67.6 Å². The van der Waals surface area contributed by atoms with Crippen molar-refractivity contribution in [3.8, 4) is 17.0 Å². The third-order valence-corrected chi connectivity index (χ3v) is 9.64. The van der Waals surface area contributed by atoms with Crippen molar-refractivity contribution in [2.24, 2.45) is 5.41 Å². The molecule has 8 heteroatoms. The molecule has 2 bridgehead atoms. The molecule has 40 heavy (non-hydrogen) atoms. The molecule has 7 rings (SSSR count). The van der Waals surface area contributed by atoms with E-state index in [9.17, 15) is 15.0 Å². The Morgan fingerprint density at radius 2 is 1.77 bits per heavy atom. The fraction of sp³-hybridized carbons (Fsp3) is 0.312. The minimum Gasteiger partial charge on any atom is -0.487 e. The van der Waals surface area contributed by atoms with Crippen molar-refractivity contribution < 1.29 is 19.7 Å². The summed E-state index contributed by atoms with van der Waals surface area (Å²) < 4.78 is 7.37. The van der Waals surface area contributed by atoms with Crippen LogP contribution in [0.25, 0.3) is 22.2 Å². The van der Waals surface area contributed by atoms with Crippen LogP contribution in [0.4, 0.5) is 0 Å². The lowest BCUT2D eigenvalue weighted by molar-refractivity contribution is -0.166. The van der Waals surface area contributed by atoms with Gasteiger partial charge in [0.05, 0.1) is 27.2 Å². The normalized spacial score (nSPS) is 24.6. The molecule has 206 valence electrons. The second-order valence-corrected chi connectivity index (χ2v) is 12.4. The van der Waals surface area contributed by atoms with Crippen molar-refractivity contribution in [1.29, 1.82) is 0 Å². The number of aromatic nitrogens is 1. The van der Waals surface area contributed by atoms with Crippen LogP contribution in [0.1, 0.15) is 49.5 Å². The molecular formula is C32H30BrClN2O4. The molecule has 3 aliphatic carbocycles. The highest BCUT2D eigenvalue weighted by Crippen LogP contribution is 2.54. The van der Waals surface area contributed by atoms with Crippen LogP contribution in [0.5, 0.6) is 5.75 Å². The number of nitrogens with one attached hydrogen (secondary N) is 1. The number of carboxylic acid groups (broad SMARTS) is 1. The summed E-state index contributed by atoms with van der Waals surface area (Å²) in [6.45, 7) is 1.99. The first-order chi connectivity index (χ1) is 19.2. The third kappa shape index (κ3) is 4.69. The summed E-state index contributed by atoms with van der Waals surface area (Å²) in [5.41, 5.74) is 2.70. The highest BCUT2D eigenvalue weighted by atomic mass is 79.9. The lowest BCUT2D eigenvalue weighted by Crippen LogP contribution is -2.67. The van der Waals surface area contributed by atoms with E-state index in [4.69, 9.17) is 21.3 Å². The number of aliphatic carboxylic acids is 1. The van der Waals surface area contributed by atoms with Crippen molar-refractivity contribution in [3.63, 3.8) is 0 Å². The highest BCUT2D eigenvalue weighted by molar-refractivity contribution is 9.10. The first-order valence-corrected chi connectivity index (χ1v) is 14.6. The highest BCUT2D eigenvalue weighted by Gasteiger charge is 2.59. The smallest absolute Gasteiger partial charge is 0.309 e. The Kier molecular flexibility index (Phi) is 7.11. The lowest BCUT2D eigenvalue weighted by atomic mass is 9.55. The van der Waals surface area contributed by atoms with Crippen LogP contribution >= 0.6 is 27.5 Å². The van der Waals surface area contributed by atoms with E-state index >= 15 is 0 Å². The van der Waals surface area contributed by atoms with E-state index in [0.29, 0.717) is 42.9 Å². The molecule has 2 atom stereocenters. The van der Waals surface area contributed by atoms with Gasteiger partial charge in [0.2, 0.25) is 0 Å². The Balaban J connectivity index is 1.43. The standard InChI is InChI=1S/C32H30BrClN2O4/c1-19-27(22-17-21(33)11-12-24(22)35-28(19)20-7-3-2-4-8-20)29(37)36-32-15-13-31(14-16-32,30(38)39)18-26(32)40-25-10-6-5-9-23(25)34/h2-12,17,26,29,36-37H,13-16,18H2,1H3,(H,38,39)/t26-,29?,31?,32?/m1/s1. The van der Waals surface area contributed by atoms with Gasteiger partial charge in [-0.05, 0) is 68.5 Å². The average molecular weight is 622 g/mol. The van der Waals surface area contributed by atoms with E-state index in [2.05, 4.69) is 21.2 Å². The van der Waals surface area contributed by atoms with Crippen molar-refractivity contribution in [3.05, 3.63) is 93.4 Å². The summed E-state index contributed by atoms with van der Waals surface area (Å²) in [5.74, 6) is -0.277. The lowest BCUT2D eigenvalue weighted by Gasteiger charge is -2.56. The monoisotopic (exact) mass is 620 g/mol. The number of ether oxygens (including phenoxy) is 1. The molecule has 3 N–H and O–H groups in total. The summed E-state index contributed by atoms with van der Waals surface area (Å²) in [5, 5.41) is 27.0. The van der Waals surface area contributed by atoms with Gasteiger partial charge in [-0.3, -0.25) is 10.1 Å². The quantitative estimate of drug-likeness (QED) is 0.186. The van der Waals surface area contributed by atoms with Crippen molar-refractivity contribution in [1.82, 2.24) is 10.3 Å². The Hall–Kier alpha value is -2.97. The topological polar surface area (TPSA) is 91.7 Å². The van der Waals surface area contributed by atoms with Gasteiger partial charge in [0.25, 0.3) is 0 Å². The number of nitrogens with zero attached hydrogens (tertiary/aromatic N) is 1. The molecule has 3 saturated carbocycles. The summed E-state index contributed by atoms with van der Waals surface area (Å²) in [7, 11) is 0. The number of pyridine rings is 1. The second kappa shape index (κ2) is 10.5. The molecule has 3 aromatic carbocycles. The number of fused-ring (bicyclic) bond motifs is 4. The third-order valence-electron chi connectivity index (χ3n) is 8.84. The molecule has 0 amide bonds. The number of rotatable bonds is 7. The van der Waals surface area contributed by atoms with Crippen LogP contribution in [0.15, 0.2) is 77.3 Å². The van der Waals surface area contributed by atoms with E-state index in [0.717, 1.165) is 37.8 Å². The molecule has 0 aliphatic heterocycles. The molecule has 1 heterocycles. The summed E-state index contributed by atoms with van der Waals surface area (Å²) in [6, 6.07) is 23.1. The van der Waals surface area contributed by atoms with Crippen LogP contribution in [-0.4, -0.2) is 32.8 Å². The van der Waals surface area contributed by atoms with Gasteiger partial charge in [-0.15, -0.1) is 0 Å². The van der Waals surface area contributed by atoms with Gasteiger partial charge in [0, 0.05) is 27.4 Å². The molecule has 1 unspecified atom stereocenters. The first-order valence-electron chi connectivity index (χ1n) is 13.5. The molecule has 6 nitrogen and oxygen atoms in total. The Labute approximate surface area is 246 Å². The predicted molar refractivity (Wildman–Crippen MR) is 159 cm³/mol. The molecule has 0 saturated heterocycles. The van der Waals surface area contributed by atoms with Gasteiger partial charge >= 0.3 is 5.97 Å². The number of benzene rings is 3. The van der Waals surface area contributed by atoms with Gasteiger partial charge < -0.3 is 14.9 Å². The Morgan fingerprint density at radius 1 is 1.07 bits per heavy atom. The Morgan fingerprint density at radius 3 is 2.48 bits per heavy atom. The van der Waals surface area contributed by atoms with Crippen LogP contribution in [0.3, 0.4) is 0 Å². The minimum atomic E-state index is -1.05. The fourth-order valence-corrected chi connectivity index (χ4v) is 7.11. The maximum atomic E-state index is 12.4. The second-order valence-electron chi connectivity index (χ2n) is 11.1. The van der Waals surface area contributed by atoms with Gasteiger partial charge in [0.1, 0.15) is 18.1 Å². The van der Waals surface area contributed by atoms with Gasteiger partial charge in [-0.1, -0.05) is 70.0 Å². The number of hydrogen-bond acceptors (Lipinski definition) is 5. The largest absolute Gasteiger partial charge is 0.487 e. The van der Waals surface area contributed by atoms with E-state index in [1.165, 1.54) is 0 Å². The number of carboxylic acids is 1. The van der Waals surface area contributed by atoms with Crippen molar-refractivity contribution in [2.75, 3.05) is 0 Å². The van der Waals surface area contributed by atoms with Crippen LogP contribution in [0.2, 0.25) is 5.02 Å². The maximum Gasteiger partial charge on any atom is 0.309 e. The van der Waals surface area contributed by atoms with E-state index < -0.39 is 29.3 Å². The number of halogens is 2. The zero-order chi connectivity index (χ0) is 28.1. The van der Waals surface area contributed by atoms with E-state index in [1.54, 1.807) is 12.1 Å². The summed E-state index contributed by atoms with van der Waals surface area (Å²) in [4.78, 5) is 17.3. The Bertz CT molecular complexity index is 1590. The maximum absolute atomic E-state index is 12.4. The number of carbonyl (C=O) groups is 1. The van der Waals surface area contributed by atoms with Crippen molar-refractivity contribution >= 4 is 44.4 Å². The summed E-state index contributed by atoms with van der Waals surface area (Å²) >= 11 is 10.0. The molecule has 4 aromatic rings. The summed E-state index contributed by atoms with van der Waals surface area (Å²) in [6.07, 6.45) is 0.947. The molecular weight excluding hydrogens is 592 g/mol. The number of aliphatic hydroxyl groups excluding tert-OH is 1. The SMILES string of the molecule is Cc1c(-c2ccccc2)nc2ccc(Br)cc2c1C(O)NC12CCC(C(=O)O)(CC1)C[C@H]2Oc1ccccc1Cl. The fourth-order valence-electron chi connectivity index (χ4n) is 6.57. The van der Waals surface area contributed by atoms with Crippen LogP contribution < -0.4 is 10.1 Å². The van der Waals surface area contributed by atoms with E-state index in [-0.39, 0.29) is 0 Å². The molecule has 0 spiro atoms. The molecule has 3 fully saturated rings. The molecule has 0 radical (unpaired) electrons. The zero-order valence-corrected chi connectivity index (χ0v) is 24.4. The van der Waals surface area contributed by atoms with Crippen molar-refractivity contribution in [2.45, 2.75) is 56.9 Å². The number of para-hydroxylation sites is 1. The molecule has 1 aromatic heterocycles. The zero-order valence-electron chi connectivity index (χ0n) is 22.0. The van der Waals surface area contributed by atoms with Gasteiger partial charge in [-0.25, -0.2) is 4.98 Å². The predicted octanol–water partition coefficient (Wildman–Crippen LogP) is 7.44. The van der Waals surface area contributed by atoms with Gasteiger partial charge in [0.15, 0.2) is 0 Å².